The molecule has 0 aromatic rings. The minimum atomic E-state index is -0.819. The van der Waals surface area contributed by atoms with E-state index in [2.05, 4.69) is 5.92 Å². The molecule has 1 aliphatic carbocycles. The summed E-state index contributed by atoms with van der Waals surface area (Å²) in [5, 5.41) is 9.23. The lowest BCUT2D eigenvalue weighted by molar-refractivity contribution is 0.0982. The zero-order valence-corrected chi connectivity index (χ0v) is 5.02. The van der Waals surface area contributed by atoms with Crippen LogP contribution in [0.3, 0.4) is 0 Å². The van der Waals surface area contributed by atoms with E-state index in [9.17, 15) is 5.11 Å². The van der Waals surface area contributed by atoms with Crippen LogP contribution < -0.4 is 0 Å². The molecule has 1 atom stereocenters. The number of hydrogen-bond acceptors (Lipinski definition) is 1. The zero-order valence-electron chi connectivity index (χ0n) is 5.02. The molecule has 0 saturated heterocycles. The molecule has 0 bridgehead atoms. The smallest absolute Gasteiger partial charge is 0.125 e. The summed E-state index contributed by atoms with van der Waals surface area (Å²) >= 11 is 0. The van der Waals surface area contributed by atoms with Crippen molar-refractivity contribution in [3.05, 3.63) is 0 Å². The fourth-order valence-electron chi connectivity index (χ4n) is 0.763. The molecular weight excluding hydrogens is 100 g/mol. The number of hydrogen-bond donors (Lipinski definition) is 1. The van der Waals surface area contributed by atoms with Gasteiger partial charge < -0.3 is 5.11 Å². The van der Waals surface area contributed by atoms with E-state index >= 15 is 0 Å². The molecule has 1 fully saturated rings. The van der Waals surface area contributed by atoms with E-state index in [-0.39, 0.29) is 0 Å². The maximum atomic E-state index is 9.23. The van der Waals surface area contributed by atoms with Crippen molar-refractivity contribution < 1.29 is 5.11 Å². The maximum absolute atomic E-state index is 9.23. The molecule has 0 aromatic carbocycles. The van der Waals surface area contributed by atoms with Crippen LogP contribution in [0.5, 0.6) is 0 Å². The van der Waals surface area contributed by atoms with Crippen molar-refractivity contribution in [2.75, 3.05) is 0 Å². The molecular formula is C7H10O. The van der Waals surface area contributed by atoms with Crippen LogP contribution in [0.25, 0.3) is 0 Å². The summed E-state index contributed by atoms with van der Waals surface area (Å²) in [5.41, 5.74) is -0.819. The van der Waals surface area contributed by atoms with E-state index in [0.29, 0.717) is 5.92 Å². The standard InChI is InChI=1S/C7H10O/c1-3-7(2,8)6-4-5-6/h1,6,8H,4-5H2,2H3/t7-/m0/s1. The summed E-state index contributed by atoms with van der Waals surface area (Å²) in [6, 6.07) is 0. The highest BCUT2D eigenvalue weighted by Gasteiger charge is 2.38. The molecule has 0 aliphatic heterocycles. The average Bonchev–Trinajstić information content (AvgIpc) is 2.44. The zero-order chi connectivity index (χ0) is 6.20. The minimum Gasteiger partial charge on any atom is -0.378 e. The second-order valence-electron chi connectivity index (χ2n) is 2.57. The molecule has 0 radical (unpaired) electrons. The Hall–Kier alpha value is -0.480. The Balaban J connectivity index is 2.53. The second-order valence-corrected chi connectivity index (χ2v) is 2.57. The highest BCUT2D eigenvalue weighted by Crippen LogP contribution is 2.38. The lowest BCUT2D eigenvalue weighted by Crippen LogP contribution is -2.23. The Morgan fingerprint density at radius 3 is 2.38 bits per heavy atom. The van der Waals surface area contributed by atoms with E-state index in [0.717, 1.165) is 12.8 Å². The van der Waals surface area contributed by atoms with Crippen molar-refractivity contribution in [3.63, 3.8) is 0 Å². The van der Waals surface area contributed by atoms with Crippen LogP contribution in [0.1, 0.15) is 19.8 Å². The highest BCUT2D eigenvalue weighted by molar-refractivity contribution is 5.11. The van der Waals surface area contributed by atoms with Gasteiger partial charge in [-0.25, -0.2) is 0 Å². The molecule has 8 heavy (non-hydrogen) atoms. The molecule has 1 saturated carbocycles. The van der Waals surface area contributed by atoms with E-state index in [1.165, 1.54) is 0 Å². The Kier molecular flexibility index (Phi) is 1.06. The Morgan fingerprint density at radius 1 is 1.75 bits per heavy atom. The van der Waals surface area contributed by atoms with E-state index in [1.54, 1.807) is 6.92 Å². The molecule has 1 nitrogen and oxygen atoms in total. The quantitative estimate of drug-likeness (QED) is 0.494. The fourth-order valence-corrected chi connectivity index (χ4v) is 0.763. The van der Waals surface area contributed by atoms with Gasteiger partial charge in [-0.1, -0.05) is 5.92 Å². The van der Waals surface area contributed by atoms with Crippen molar-refractivity contribution in [2.45, 2.75) is 25.4 Å². The largest absolute Gasteiger partial charge is 0.378 e. The Labute approximate surface area is 49.7 Å². The van der Waals surface area contributed by atoms with Crippen LogP contribution in [0.2, 0.25) is 0 Å². The molecule has 0 heterocycles. The Bertz CT molecular complexity index is 126. The minimum absolute atomic E-state index is 0.382. The molecule has 1 aliphatic rings. The topological polar surface area (TPSA) is 20.2 Å². The average molecular weight is 110 g/mol. The lowest BCUT2D eigenvalue weighted by atomic mass is 10.0. The van der Waals surface area contributed by atoms with Crippen LogP contribution >= 0.6 is 0 Å². The normalized spacial score (nSPS) is 26.1. The van der Waals surface area contributed by atoms with E-state index < -0.39 is 5.60 Å². The van der Waals surface area contributed by atoms with Gasteiger partial charge in [0.25, 0.3) is 0 Å². The van der Waals surface area contributed by atoms with Gasteiger partial charge in [0, 0.05) is 0 Å². The molecule has 1 N–H and O–H groups in total. The summed E-state index contributed by atoms with van der Waals surface area (Å²) in [5.74, 6) is 2.74. The highest BCUT2D eigenvalue weighted by atomic mass is 16.3. The van der Waals surface area contributed by atoms with Crippen molar-refractivity contribution in [1.82, 2.24) is 0 Å². The molecule has 0 unspecified atom stereocenters. The second kappa shape index (κ2) is 1.50. The van der Waals surface area contributed by atoms with Gasteiger partial charge >= 0.3 is 0 Å². The molecule has 0 amide bonds. The predicted octanol–water partition coefficient (Wildman–Crippen LogP) is 0.781. The summed E-state index contributed by atoms with van der Waals surface area (Å²) in [4.78, 5) is 0. The summed E-state index contributed by atoms with van der Waals surface area (Å²) in [6.45, 7) is 1.70. The predicted molar refractivity (Wildman–Crippen MR) is 32.2 cm³/mol. The monoisotopic (exact) mass is 110 g/mol. The number of rotatable bonds is 1. The molecule has 1 heteroatoms. The van der Waals surface area contributed by atoms with Crippen molar-refractivity contribution >= 4 is 0 Å². The third-order valence-corrected chi connectivity index (χ3v) is 1.66. The first-order valence-corrected chi connectivity index (χ1v) is 2.87. The summed E-state index contributed by atoms with van der Waals surface area (Å²) < 4.78 is 0. The SMILES string of the molecule is C#C[C@](C)(O)C1CC1. The van der Waals surface area contributed by atoms with Gasteiger partial charge in [-0.3, -0.25) is 0 Å². The van der Waals surface area contributed by atoms with Crippen LogP contribution in [0.4, 0.5) is 0 Å². The van der Waals surface area contributed by atoms with E-state index in [1.807, 2.05) is 0 Å². The van der Waals surface area contributed by atoms with Gasteiger partial charge in [0.1, 0.15) is 5.60 Å². The van der Waals surface area contributed by atoms with Crippen LogP contribution in [-0.4, -0.2) is 10.7 Å². The van der Waals surface area contributed by atoms with E-state index in [4.69, 9.17) is 6.42 Å². The number of aliphatic hydroxyl groups is 1. The molecule has 1 rings (SSSR count). The van der Waals surface area contributed by atoms with Gasteiger partial charge in [0.05, 0.1) is 0 Å². The maximum Gasteiger partial charge on any atom is 0.125 e. The van der Waals surface area contributed by atoms with Gasteiger partial charge in [-0.2, -0.15) is 0 Å². The van der Waals surface area contributed by atoms with Crippen LogP contribution in [0, 0.1) is 18.3 Å². The van der Waals surface area contributed by atoms with Crippen LogP contribution in [0.15, 0.2) is 0 Å². The fraction of sp³-hybridized carbons (Fsp3) is 0.714. The molecule has 44 valence electrons. The first-order chi connectivity index (χ1) is 3.67. The number of terminal acetylenes is 1. The van der Waals surface area contributed by atoms with Gasteiger partial charge in [0.2, 0.25) is 0 Å². The van der Waals surface area contributed by atoms with Crippen molar-refractivity contribution in [1.29, 1.82) is 0 Å². The Morgan fingerprint density at radius 2 is 2.25 bits per heavy atom. The summed E-state index contributed by atoms with van der Waals surface area (Å²) in [6.07, 6.45) is 7.24. The third kappa shape index (κ3) is 0.850. The molecule has 0 aromatic heterocycles. The van der Waals surface area contributed by atoms with Gasteiger partial charge in [0.15, 0.2) is 0 Å². The first-order valence-electron chi connectivity index (χ1n) is 2.87. The lowest BCUT2D eigenvalue weighted by Gasteiger charge is -2.13. The summed E-state index contributed by atoms with van der Waals surface area (Å²) in [7, 11) is 0. The van der Waals surface area contributed by atoms with Crippen molar-refractivity contribution in [2.24, 2.45) is 5.92 Å². The van der Waals surface area contributed by atoms with Gasteiger partial charge in [-0.15, -0.1) is 6.42 Å². The van der Waals surface area contributed by atoms with Crippen LogP contribution in [-0.2, 0) is 0 Å². The van der Waals surface area contributed by atoms with Gasteiger partial charge in [-0.05, 0) is 25.7 Å². The molecule has 0 spiro atoms. The van der Waals surface area contributed by atoms with Crippen molar-refractivity contribution in [3.8, 4) is 12.3 Å². The third-order valence-electron chi connectivity index (χ3n) is 1.66. The first kappa shape index (κ1) is 5.65.